The molecule has 1 fully saturated rings. The Hall–Kier alpha value is -3.19. The van der Waals surface area contributed by atoms with Gasteiger partial charge in [0.05, 0.1) is 33.7 Å². The van der Waals surface area contributed by atoms with E-state index in [0.717, 1.165) is 17.4 Å². The van der Waals surface area contributed by atoms with Crippen LogP contribution in [0.3, 0.4) is 0 Å². The number of carbonyl (C=O) groups is 2. The largest absolute Gasteiger partial charge is 0.335 e. The van der Waals surface area contributed by atoms with E-state index in [1.165, 1.54) is 12.1 Å². The molecule has 1 aliphatic heterocycles. The summed E-state index contributed by atoms with van der Waals surface area (Å²) in [7, 11) is 0. The van der Waals surface area contributed by atoms with E-state index in [0.29, 0.717) is 38.2 Å². The zero-order valence-corrected chi connectivity index (χ0v) is 17.8. The van der Waals surface area contributed by atoms with Gasteiger partial charge in [-0.3, -0.25) is 9.59 Å². The number of amides is 2. The monoisotopic (exact) mass is 440 g/mol. The zero-order chi connectivity index (χ0) is 22.0. The third kappa shape index (κ3) is 4.18. The van der Waals surface area contributed by atoms with Crippen LogP contribution in [-0.4, -0.2) is 57.6 Å². The molecule has 0 saturated carbocycles. The molecule has 3 aromatic rings. The predicted octanol–water partition coefficient (Wildman–Crippen LogP) is 3.83. The molecule has 6 nitrogen and oxygen atoms in total. The SMILES string of the molecule is CCc1c(C(=O)N2CCN(C(=O)c3ccc(F)cc3Cl)CC2)cnn1-c1ccccc1. The van der Waals surface area contributed by atoms with E-state index in [1.807, 2.05) is 37.3 Å². The van der Waals surface area contributed by atoms with Crippen molar-refractivity contribution in [3.63, 3.8) is 0 Å². The molecule has 0 aliphatic carbocycles. The Kier molecular flexibility index (Phi) is 6.04. The lowest BCUT2D eigenvalue weighted by Crippen LogP contribution is -2.50. The number of aromatic nitrogens is 2. The van der Waals surface area contributed by atoms with Crippen LogP contribution >= 0.6 is 11.6 Å². The number of rotatable bonds is 4. The number of para-hydroxylation sites is 1. The van der Waals surface area contributed by atoms with Gasteiger partial charge in [-0.15, -0.1) is 0 Å². The number of carbonyl (C=O) groups excluding carboxylic acids is 2. The molecule has 2 aromatic carbocycles. The van der Waals surface area contributed by atoms with Crippen molar-refractivity contribution < 1.29 is 14.0 Å². The fraction of sp³-hybridized carbons (Fsp3) is 0.261. The lowest BCUT2D eigenvalue weighted by atomic mass is 10.1. The first kappa shape index (κ1) is 21.1. The first-order valence-electron chi connectivity index (χ1n) is 10.2. The topological polar surface area (TPSA) is 58.4 Å². The van der Waals surface area contributed by atoms with Crippen LogP contribution in [0.25, 0.3) is 5.69 Å². The van der Waals surface area contributed by atoms with E-state index in [2.05, 4.69) is 5.10 Å². The predicted molar refractivity (Wildman–Crippen MR) is 116 cm³/mol. The number of benzene rings is 2. The van der Waals surface area contributed by atoms with Crippen molar-refractivity contribution in [1.29, 1.82) is 0 Å². The lowest BCUT2D eigenvalue weighted by Gasteiger charge is -2.35. The quantitative estimate of drug-likeness (QED) is 0.619. The minimum Gasteiger partial charge on any atom is -0.335 e. The molecule has 0 N–H and O–H groups in total. The summed E-state index contributed by atoms with van der Waals surface area (Å²) in [5.74, 6) is -0.839. The number of piperazine rings is 1. The summed E-state index contributed by atoms with van der Waals surface area (Å²) in [5.41, 5.74) is 2.60. The zero-order valence-electron chi connectivity index (χ0n) is 17.1. The van der Waals surface area contributed by atoms with Crippen LogP contribution in [0.4, 0.5) is 4.39 Å². The minimum atomic E-state index is -0.486. The van der Waals surface area contributed by atoms with Gasteiger partial charge in [-0.05, 0) is 36.8 Å². The smallest absolute Gasteiger partial charge is 0.257 e. The van der Waals surface area contributed by atoms with Crippen molar-refractivity contribution in [2.24, 2.45) is 0 Å². The molecule has 0 unspecified atom stereocenters. The number of halogens is 2. The fourth-order valence-electron chi connectivity index (χ4n) is 3.80. The van der Waals surface area contributed by atoms with Crippen molar-refractivity contribution in [2.75, 3.05) is 26.2 Å². The van der Waals surface area contributed by atoms with E-state index in [-0.39, 0.29) is 22.4 Å². The Balaban J connectivity index is 1.46. The van der Waals surface area contributed by atoms with Gasteiger partial charge in [0.1, 0.15) is 5.82 Å². The fourth-order valence-corrected chi connectivity index (χ4v) is 4.05. The first-order chi connectivity index (χ1) is 15.0. The van der Waals surface area contributed by atoms with E-state index < -0.39 is 5.82 Å². The van der Waals surface area contributed by atoms with E-state index in [4.69, 9.17) is 11.6 Å². The molecule has 2 amide bonds. The van der Waals surface area contributed by atoms with Gasteiger partial charge in [0.15, 0.2) is 0 Å². The van der Waals surface area contributed by atoms with E-state index in [1.54, 1.807) is 20.7 Å². The van der Waals surface area contributed by atoms with Crippen molar-refractivity contribution in [1.82, 2.24) is 19.6 Å². The number of hydrogen-bond donors (Lipinski definition) is 0. The molecule has 1 aromatic heterocycles. The highest BCUT2D eigenvalue weighted by Gasteiger charge is 2.28. The van der Waals surface area contributed by atoms with Crippen LogP contribution in [0.15, 0.2) is 54.7 Å². The standard InChI is InChI=1S/C23H22ClFN4O2/c1-2-21-19(15-26-29(21)17-6-4-3-5-7-17)23(31)28-12-10-27(11-13-28)22(30)18-9-8-16(25)14-20(18)24/h3-9,14-15H,2,10-13H2,1H3. The molecule has 0 bridgehead atoms. The van der Waals surface area contributed by atoms with Crippen LogP contribution in [0, 0.1) is 5.82 Å². The second-order valence-corrected chi connectivity index (χ2v) is 7.72. The highest BCUT2D eigenvalue weighted by molar-refractivity contribution is 6.33. The molecule has 1 saturated heterocycles. The highest BCUT2D eigenvalue weighted by atomic mass is 35.5. The Labute approximate surface area is 184 Å². The van der Waals surface area contributed by atoms with Crippen LogP contribution in [0.2, 0.25) is 5.02 Å². The molecule has 0 radical (unpaired) electrons. The molecular formula is C23H22ClFN4O2. The second kappa shape index (κ2) is 8.89. The van der Waals surface area contributed by atoms with Gasteiger partial charge in [0, 0.05) is 26.2 Å². The normalized spacial score (nSPS) is 14.0. The highest BCUT2D eigenvalue weighted by Crippen LogP contribution is 2.21. The van der Waals surface area contributed by atoms with Crippen LogP contribution in [0.5, 0.6) is 0 Å². The van der Waals surface area contributed by atoms with Gasteiger partial charge in [0.25, 0.3) is 11.8 Å². The van der Waals surface area contributed by atoms with Crippen LogP contribution in [-0.2, 0) is 6.42 Å². The molecule has 31 heavy (non-hydrogen) atoms. The Morgan fingerprint density at radius 2 is 1.58 bits per heavy atom. The van der Waals surface area contributed by atoms with E-state index in [9.17, 15) is 14.0 Å². The average Bonchev–Trinajstić information content (AvgIpc) is 3.23. The van der Waals surface area contributed by atoms with Gasteiger partial charge in [-0.25, -0.2) is 9.07 Å². The van der Waals surface area contributed by atoms with E-state index >= 15 is 0 Å². The van der Waals surface area contributed by atoms with Gasteiger partial charge in [0.2, 0.25) is 0 Å². The summed E-state index contributed by atoms with van der Waals surface area (Å²) in [4.78, 5) is 29.3. The van der Waals surface area contributed by atoms with Crippen molar-refractivity contribution in [3.8, 4) is 5.69 Å². The maximum atomic E-state index is 13.3. The maximum absolute atomic E-state index is 13.3. The van der Waals surface area contributed by atoms with Gasteiger partial charge in [-0.1, -0.05) is 36.7 Å². The lowest BCUT2D eigenvalue weighted by molar-refractivity contribution is 0.0535. The van der Waals surface area contributed by atoms with Crippen molar-refractivity contribution in [3.05, 3.63) is 82.4 Å². The Bertz CT molecular complexity index is 1110. The molecule has 8 heteroatoms. The van der Waals surface area contributed by atoms with Gasteiger partial charge >= 0.3 is 0 Å². The molecule has 160 valence electrons. The molecule has 1 aliphatic rings. The maximum Gasteiger partial charge on any atom is 0.257 e. The number of hydrogen-bond acceptors (Lipinski definition) is 3. The summed E-state index contributed by atoms with van der Waals surface area (Å²) < 4.78 is 15.1. The van der Waals surface area contributed by atoms with Crippen LogP contribution < -0.4 is 0 Å². The third-order valence-corrected chi connectivity index (χ3v) is 5.76. The average molecular weight is 441 g/mol. The van der Waals surface area contributed by atoms with Gasteiger partial charge in [-0.2, -0.15) is 5.10 Å². The minimum absolute atomic E-state index is 0.0874. The van der Waals surface area contributed by atoms with Gasteiger partial charge < -0.3 is 9.80 Å². The summed E-state index contributed by atoms with van der Waals surface area (Å²) >= 11 is 6.03. The Morgan fingerprint density at radius 3 is 2.16 bits per heavy atom. The molecule has 2 heterocycles. The first-order valence-corrected chi connectivity index (χ1v) is 10.5. The third-order valence-electron chi connectivity index (χ3n) is 5.45. The summed E-state index contributed by atoms with van der Waals surface area (Å²) in [6.45, 7) is 3.57. The Morgan fingerprint density at radius 1 is 0.968 bits per heavy atom. The van der Waals surface area contributed by atoms with Crippen molar-refractivity contribution in [2.45, 2.75) is 13.3 Å². The molecule has 4 rings (SSSR count). The molecule has 0 spiro atoms. The second-order valence-electron chi connectivity index (χ2n) is 7.31. The molecule has 0 atom stereocenters. The molecular weight excluding hydrogens is 419 g/mol. The number of nitrogens with zero attached hydrogens (tertiary/aromatic N) is 4. The van der Waals surface area contributed by atoms with Crippen molar-refractivity contribution >= 4 is 23.4 Å². The van der Waals surface area contributed by atoms with Crippen LogP contribution in [0.1, 0.15) is 33.3 Å². The summed E-state index contributed by atoms with van der Waals surface area (Å²) in [5, 5.41) is 4.52. The summed E-state index contributed by atoms with van der Waals surface area (Å²) in [6, 6.07) is 13.4. The summed E-state index contributed by atoms with van der Waals surface area (Å²) in [6.07, 6.45) is 2.28.